The third-order valence-electron chi connectivity index (χ3n) is 8.79. The van der Waals surface area contributed by atoms with Gasteiger partial charge in [0.25, 0.3) is 0 Å². The second kappa shape index (κ2) is 10.7. The zero-order chi connectivity index (χ0) is 30.5. The lowest BCUT2D eigenvalue weighted by Gasteiger charge is -2.10. The maximum atomic E-state index is 5.36. The van der Waals surface area contributed by atoms with Gasteiger partial charge in [0.1, 0.15) is 11.3 Å². The van der Waals surface area contributed by atoms with Crippen molar-refractivity contribution in [3.8, 4) is 56.0 Å². The first-order valence-corrected chi connectivity index (χ1v) is 15.5. The molecule has 0 saturated carbocycles. The van der Waals surface area contributed by atoms with Crippen LogP contribution in [0, 0.1) is 0 Å². The Kier molecular flexibility index (Phi) is 6.10. The zero-order valence-electron chi connectivity index (χ0n) is 25.0. The van der Waals surface area contributed by atoms with Crippen molar-refractivity contribution >= 4 is 21.9 Å². The molecule has 0 N–H and O–H groups in total. The molecule has 5 aromatic carbocycles. The van der Waals surface area contributed by atoms with Crippen LogP contribution in [0.4, 0.5) is 0 Å². The summed E-state index contributed by atoms with van der Waals surface area (Å²) in [5.41, 5.74) is 13.0. The third-order valence-corrected chi connectivity index (χ3v) is 8.79. The standard InChI is InChI=1S/C42H28N4/c1-3-11-32(12-4-1)38-27-35-15-7-8-16-36(35)42-40(33-13-5-2-6-14-33)41(44-46(38)42)34-24-20-30(21-25-34)29-18-22-31(23-19-29)37-28-45-26-10-9-17-39(45)43-37/h1-28H. The highest BCUT2D eigenvalue weighted by Crippen LogP contribution is 2.41. The fraction of sp³-hybridized carbons (Fsp3) is 0. The van der Waals surface area contributed by atoms with Crippen molar-refractivity contribution in [3.63, 3.8) is 0 Å². The van der Waals surface area contributed by atoms with Gasteiger partial charge >= 0.3 is 0 Å². The van der Waals surface area contributed by atoms with Gasteiger partial charge in [0.05, 0.1) is 16.9 Å². The zero-order valence-corrected chi connectivity index (χ0v) is 25.0. The molecule has 0 atom stereocenters. The Labute approximate surface area is 266 Å². The summed E-state index contributed by atoms with van der Waals surface area (Å²) >= 11 is 0. The second-order valence-electron chi connectivity index (χ2n) is 11.6. The molecule has 0 spiro atoms. The number of fused-ring (bicyclic) bond motifs is 4. The van der Waals surface area contributed by atoms with E-state index in [0.717, 1.165) is 67.2 Å². The smallest absolute Gasteiger partial charge is 0.137 e. The molecule has 0 aliphatic heterocycles. The predicted molar refractivity (Wildman–Crippen MR) is 189 cm³/mol. The molecule has 0 aliphatic carbocycles. The van der Waals surface area contributed by atoms with Crippen LogP contribution >= 0.6 is 0 Å². The van der Waals surface area contributed by atoms with Gasteiger partial charge < -0.3 is 4.40 Å². The number of benzene rings is 5. The maximum Gasteiger partial charge on any atom is 0.137 e. The van der Waals surface area contributed by atoms with Crippen molar-refractivity contribution in [3.05, 3.63) is 170 Å². The van der Waals surface area contributed by atoms with E-state index in [4.69, 9.17) is 10.1 Å². The molecule has 0 saturated heterocycles. The first-order chi connectivity index (χ1) is 22.8. The minimum Gasteiger partial charge on any atom is -0.306 e. The van der Waals surface area contributed by atoms with Gasteiger partial charge in [-0.1, -0.05) is 140 Å². The molecule has 0 aliphatic rings. The first kappa shape index (κ1) is 26.2. The van der Waals surface area contributed by atoms with Crippen LogP contribution in [-0.2, 0) is 0 Å². The molecule has 0 fully saturated rings. The lowest BCUT2D eigenvalue weighted by atomic mass is 9.95. The van der Waals surface area contributed by atoms with Crippen molar-refractivity contribution in [2.45, 2.75) is 0 Å². The summed E-state index contributed by atoms with van der Waals surface area (Å²) in [6, 6.07) is 55.5. The van der Waals surface area contributed by atoms with Crippen molar-refractivity contribution in [1.29, 1.82) is 0 Å². The fourth-order valence-electron chi connectivity index (χ4n) is 6.51. The summed E-state index contributed by atoms with van der Waals surface area (Å²) in [5.74, 6) is 0. The number of rotatable bonds is 5. The van der Waals surface area contributed by atoms with Crippen molar-refractivity contribution in [2.24, 2.45) is 0 Å². The van der Waals surface area contributed by atoms with Crippen LogP contribution in [0.5, 0.6) is 0 Å². The molecule has 46 heavy (non-hydrogen) atoms. The molecule has 4 heterocycles. The average molecular weight is 589 g/mol. The predicted octanol–water partition coefficient (Wildman–Crippen LogP) is 10.5. The van der Waals surface area contributed by atoms with Crippen LogP contribution in [0.25, 0.3) is 78.0 Å². The van der Waals surface area contributed by atoms with Crippen molar-refractivity contribution in [1.82, 2.24) is 19.0 Å². The number of nitrogens with zero attached hydrogens (tertiary/aromatic N) is 4. The number of hydrogen-bond donors (Lipinski definition) is 0. The molecule has 0 amide bonds. The molecule has 4 heteroatoms. The number of imidazole rings is 1. The summed E-state index contributed by atoms with van der Waals surface area (Å²) in [6.45, 7) is 0. The SMILES string of the molecule is c1ccc(-c2c(-c3ccc(-c4ccc(-c5cn6ccccc6n5)cc4)cc3)nn3c(-c4ccccc4)cc4ccccc4c23)cc1. The van der Waals surface area contributed by atoms with Gasteiger partial charge in [-0.15, -0.1) is 0 Å². The van der Waals surface area contributed by atoms with Crippen molar-refractivity contribution in [2.75, 3.05) is 0 Å². The van der Waals surface area contributed by atoms with E-state index in [1.54, 1.807) is 0 Å². The minimum absolute atomic E-state index is 0.947. The van der Waals surface area contributed by atoms with Crippen LogP contribution in [-0.4, -0.2) is 19.0 Å². The molecular weight excluding hydrogens is 560 g/mol. The maximum absolute atomic E-state index is 5.36. The molecule has 0 unspecified atom stereocenters. The van der Waals surface area contributed by atoms with E-state index in [-0.39, 0.29) is 0 Å². The molecule has 4 aromatic heterocycles. The lowest BCUT2D eigenvalue weighted by Crippen LogP contribution is -1.95. The van der Waals surface area contributed by atoms with Gasteiger partial charge in [0.2, 0.25) is 0 Å². The van der Waals surface area contributed by atoms with Gasteiger partial charge in [-0.2, -0.15) is 5.10 Å². The largest absolute Gasteiger partial charge is 0.306 e. The van der Waals surface area contributed by atoms with Crippen LogP contribution in [0.2, 0.25) is 0 Å². The average Bonchev–Trinajstić information content (AvgIpc) is 3.75. The van der Waals surface area contributed by atoms with Crippen LogP contribution in [0.15, 0.2) is 170 Å². The summed E-state index contributed by atoms with van der Waals surface area (Å²) in [5, 5.41) is 7.74. The second-order valence-corrected chi connectivity index (χ2v) is 11.6. The molecule has 9 aromatic rings. The Morgan fingerprint density at radius 2 is 1.09 bits per heavy atom. The van der Waals surface area contributed by atoms with E-state index in [9.17, 15) is 0 Å². The minimum atomic E-state index is 0.947. The summed E-state index contributed by atoms with van der Waals surface area (Å²) in [4.78, 5) is 4.78. The Morgan fingerprint density at radius 3 is 1.80 bits per heavy atom. The molecule has 0 bridgehead atoms. The van der Waals surface area contributed by atoms with Gasteiger partial charge in [-0.25, -0.2) is 9.50 Å². The fourth-order valence-corrected chi connectivity index (χ4v) is 6.51. The molecule has 216 valence electrons. The van der Waals surface area contributed by atoms with Gasteiger partial charge in [0.15, 0.2) is 0 Å². The van der Waals surface area contributed by atoms with E-state index < -0.39 is 0 Å². The van der Waals surface area contributed by atoms with E-state index in [1.807, 2.05) is 24.4 Å². The normalized spacial score (nSPS) is 11.5. The van der Waals surface area contributed by atoms with Crippen LogP contribution in [0.3, 0.4) is 0 Å². The highest BCUT2D eigenvalue weighted by atomic mass is 15.2. The molecule has 4 nitrogen and oxygen atoms in total. The van der Waals surface area contributed by atoms with E-state index in [1.165, 1.54) is 10.8 Å². The summed E-state index contributed by atoms with van der Waals surface area (Å²) in [6.07, 6.45) is 4.10. The van der Waals surface area contributed by atoms with Gasteiger partial charge in [-0.05, 0) is 40.3 Å². The monoisotopic (exact) mass is 588 g/mol. The van der Waals surface area contributed by atoms with E-state index >= 15 is 0 Å². The number of aromatic nitrogens is 4. The molecule has 9 rings (SSSR count). The third kappa shape index (κ3) is 4.39. The lowest BCUT2D eigenvalue weighted by molar-refractivity contribution is 0.979. The number of pyridine rings is 2. The van der Waals surface area contributed by atoms with E-state index in [0.29, 0.717) is 0 Å². The topological polar surface area (TPSA) is 34.6 Å². The van der Waals surface area contributed by atoms with Gasteiger partial charge in [0, 0.05) is 40.0 Å². The quantitative estimate of drug-likeness (QED) is 0.200. The number of hydrogen-bond acceptors (Lipinski definition) is 2. The Bertz CT molecular complexity index is 2460. The molecule has 0 radical (unpaired) electrons. The van der Waals surface area contributed by atoms with Crippen LogP contribution < -0.4 is 0 Å². The summed E-state index contributed by atoms with van der Waals surface area (Å²) < 4.78 is 4.19. The van der Waals surface area contributed by atoms with Crippen molar-refractivity contribution < 1.29 is 0 Å². The highest BCUT2D eigenvalue weighted by molar-refractivity contribution is 6.08. The molecular formula is C42H28N4. The van der Waals surface area contributed by atoms with Crippen LogP contribution in [0.1, 0.15) is 0 Å². The first-order valence-electron chi connectivity index (χ1n) is 15.5. The Morgan fingerprint density at radius 1 is 0.478 bits per heavy atom. The Hall–Kier alpha value is -6.26. The highest BCUT2D eigenvalue weighted by Gasteiger charge is 2.21. The Balaban J connectivity index is 1.17. The van der Waals surface area contributed by atoms with Gasteiger partial charge in [-0.3, -0.25) is 0 Å². The summed E-state index contributed by atoms with van der Waals surface area (Å²) in [7, 11) is 0. The van der Waals surface area contributed by atoms with E-state index in [2.05, 4.69) is 155 Å².